The van der Waals surface area contributed by atoms with Crippen LogP contribution in [0.5, 0.6) is 0 Å². The Morgan fingerprint density at radius 3 is 2.62 bits per heavy atom. The number of ether oxygens (including phenoxy) is 1. The van der Waals surface area contributed by atoms with E-state index in [-0.39, 0.29) is 17.3 Å². The maximum atomic E-state index is 12.2. The summed E-state index contributed by atoms with van der Waals surface area (Å²) in [6, 6.07) is 14.4. The van der Waals surface area contributed by atoms with Crippen molar-refractivity contribution in [1.82, 2.24) is 20.1 Å². The Balaban J connectivity index is 1.56. The van der Waals surface area contributed by atoms with E-state index in [1.807, 2.05) is 36.5 Å². The van der Waals surface area contributed by atoms with Crippen molar-refractivity contribution in [1.29, 1.82) is 0 Å². The summed E-state index contributed by atoms with van der Waals surface area (Å²) >= 11 is 0. The van der Waals surface area contributed by atoms with E-state index < -0.39 is 5.97 Å². The number of methoxy groups -OCH3 is 1. The Kier molecular flexibility index (Phi) is 5.38. The molecule has 1 amide bonds. The Morgan fingerprint density at radius 1 is 1.08 bits per heavy atom. The average Bonchev–Trinajstić information content (AvgIpc) is 3.17. The van der Waals surface area contributed by atoms with Crippen LogP contribution in [-0.4, -0.2) is 40.3 Å². The summed E-state index contributed by atoms with van der Waals surface area (Å²) in [5.74, 6) is -0.917. The fourth-order valence-electron chi connectivity index (χ4n) is 2.40. The minimum atomic E-state index is -0.576. The summed E-state index contributed by atoms with van der Waals surface area (Å²) in [6.45, 7) is 0.434. The van der Waals surface area contributed by atoms with E-state index in [1.165, 1.54) is 13.2 Å². The lowest BCUT2D eigenvalue weighted by atomic mass is 10.2. The first-order valence-electron chi connectivity index (χ1n) is 8.10. The first kappa shape index (κ1) is 17.3. The highest BCUT2D eigenvalue weighted by molar-refractivity contribution is 5.94. The zero-order chi connectivity index (χ0) is 18.4. The SMILES string of the molecule is COC(=O)c1cccc(C(=O)NCCc2cnn(-c3ccccc3)c2)n1. The number of nitrogens with zero attached hydrogens (tertiary/aromatic N) is 3. The van der Waals surface area contributed by atoms with E-state index in [0.29, 0.717) is 13.0 Å². The van der Waals surface area contributed by atoms with Gasteiger partial charge in [0.1, 0.15) is 11.4 Å². The fourth-order valence-corrected chi connectivity index (χ4v) is 2.40. The van der Waals surface area contributed by atoms with Gasteiger partial charge < -0.3 is 10.1 Å². The fraction of sp³-hybridized carbons (Fsp3) is 0.158. The lowest BCUT2D eigenvalue weighted by molar-refractivity contribution is 0.0594. The number of hydrogen-bond donors (Lipinski definition) is 1. The van der Waals surface area contributed by atoms with Crippen LogP contribution in [0, 0.1) is 0 Å². The molecule has 1 aromatic carbocycles. The Labute approximate surface area is 150 Å². The second-order valence-corrected chi connectivity index (χ2v) is 5.53. The van der Waals surface area contributed by atoms with E-state index in [0.717, 1.165) is 11.3 Å². The number of carbonyl (C=O) groups excluding carboxylic acids is 2. The molecule has 0 fully saturated rings. The molecule has 0 aliphatic carbocycles. The Morgan fingerprint density at radius 2 is 1.85 bits per heavy atom. The summed E-state index contributed by atoms with van der Waals surface area (Å²) in [5.41, 5.74) is 2.26. The van der Waals surface area contributed by atoms with Gasteiger partial charge in [-0.05, 0) is 36.2 Å². The van der Waals surface area contributed by atoms with E-state index >= 15 is 0 Å². The van der Waals surface area contributed by atoms with Gasteiger partial charge in [0.25, 0.3) is 5.91 Å². The van der Waals surface area contributed by atoms with Crippen molar-refractivity contribution < 1.29 is 14.3 Å². The number of hydrogen-bond acceptors (Lipinski definition) is 5. The van der Waals surface area contributed by atoms with Crippen LogP contribution >= 0.6 is 0 Å². The predicted molar refractivity (Wildman–Crippen MR) is 95.2 cm³/mol. The third-order valence-electron chi connectivity index (χ3n) is 3.73. The standard InChI is InChI=1S/C19H18N4O3/c1-26-19(25)17-9-5-8-16(22-17)18(24)20-11-10-14-12-21-23(13-14)15-6-3-2-4-7-15/h2-9,12-13H,10-11H2,1H3,(H,20,24). The van der Waals surface area contributed by atoms with Gasteiger partial charge in [-0.1, -0.05) is 24.3 Å². The topological polar surface area (TPSA) is 86.1 Å². The van der Waals surface area contributed by atoms with Gasteiger partial charge in [-0.25, -0.2) is 14.5 Å². The Hall–Kier alpha value is -3.48. The van der Waals surface area contributed by atoms with Crippen LogP contribution in [0.4, 0.5) is 0 Å². The van der Waals surface area contributed by atoms with Gasteiger partial charge in [0.05, 0.1) is 19.0 Å². The number of nitrogens with one attached hydrogen (secondary N) is 1. The van der Waals surface area contributed by atoms with Gasteiger partial charge in [-0.15, -0.1) is 0 Å². The maximum Gasteiger partial charge on any atom is 0.356 e. The quantitative estimate of drug-likeness (QED) is 0.688. The highest BCUT2D eigenvalue weighted by Gasteiger charge is 2.12. The molecule has 0 bridgehead atoms. The zero-order valence-corrected chi connectivity index (χ0v) is 14.3. The molecule has 7 heteroatoms. The second-order valence-electron chi connectivity index (χ2n) is 5.53. The molecule has 0 unspecified atom stereocenters. The minimum Gasteiger partial charge on any atom is -0.464 e. The highest BCUT2D eigenvalue weighted by Crippen LogP contribution is 2.08. The molecule has 0 atom stereocenters. The third kappa shape index (κ3) is 4.13. The molecular weight excluding hydrogens is 332 g/mol. The van der Waals surface area contributed by atoms with Crippen LogP contribution in [0.2, 0.25) is 0 Å². The third-order valence-corrected chi connectivity index (χ3v) is 3.73. The summed E-state index contributed by atoms with van der Waals surface area (Å²) in [4.78, 5) is 27.7. The lowest BCUT2D eigenvalue weighted by Crippen LogP contribution is -2.27. The van der Waals surface area contributed by atoms with Crippen LogP contribution in [0.3, 0.4) is 0 Å². The summed E-state index contributed by atoms with van der Waals surface area (Å²) in [7, 11) is 1.27. The normalized spacial score (nSPS) is 10.3. The smallest absolute Gasteiger partial charge is 0.356 e. The van der Waals surface area contributed by atoms with Crippen molar-refractivity contribution in [3.63, 3.8) is 0 Å². The lowest BCUT2D eigenvalue weighted by Gasteiger charge is -2.05. The van der Waals surface area contributed by atoms with Gasteiger partial charge in [-0.3, -0.25) is 4.79 Å². The number of pyridine rings is 1. The molecule has 132 valence electrons. The van der Waals surface area contributed by atoms with Crippen LogP contribution in [0.25, 0.3) is 5.69 Å². The molecular formula is C19H18N4O3. The highest BCUT2D eigenvalue weighted by atomic mass is 16.5. The number of amides is 1. The van der Waals surface area contributed by atoms with Crippen molar-refractivity contribution in [3.8, 4) is 5.69 Å². The van der Waals surface area contributed by atoms with Crippen molar-refractivity contribution in [2.24, 2.45) is 0 Å². The first-order chi connectivity index (χ1) is 12.7. The van der Waals surface area contributed by atoms with E-state index in [9.17, 15) is 9.59 Å². The number of aromatic nitrogens is 3. The van der Waals surface area contributed by atoms with E-state index in [2.05, 4.69) is 20.1 Å². The molecule has 0 saturated carbocycles. The van der Waals surface area contributed by atoms with Crippen LogP contribution in [-0.2, 0) is 11.2 Å². The van der Waals surface area contributed by atoms with Gasteiger partial charge in [0.2, 0.25) is 0 Å². The molecule has 0 spiro atoms. The van der Waals surface area contributed by atoms with E-state index in [4.69, 9.17) is 0 Å². The molecule has 3 aromatic rings. The van der Waals surface area contributed by atoms with Gasteiger partial charge >= 0.3 is 5.97 Å². The van der Waals surface area contributed by atoms with Crippen LogP contribution < -0.4 is 5.32 Å². The molecule has 3 rings (SSSR count). The Bertz CT molecular complexity index is 906. The molecule has 26 heavy (non-hydrogen) atoms. The molecule has 2 aromatic heterocycles. The number of carbonyl (C=O) groups is 2. The first-order valence-corrected chi connectivity index (χ1v) is 8.10. The monoisotopic (exact) mass is 350 g/mol. The number of benzene rings is 1. The van der Waals surface area contributed by atoms with Crippen molar-refractivity contribution in [2.75, 3.05) is 13.7 Å². The number of para-hydroxylation sites is 1. The van der Waals surface area contributed by atoms with E-state index in [1.54, 1.807) is 23.0 Å². The molecule has 1 N–H and O–H groups in total. The predicted octanol–water partition coefficient (Wildman–Crippen LogP) is 2.03. The van der Waals surface area contributed by atoms with Crippen molar-refractivity contribution in [2.45, 2.75) is 6.42 Å². The summed E-state index contributed by atoms with van der Waals surface area (Å²) in [6.07, 6.45) is 4.34. The molecule has 0 aliphatic rings. The summed E-state index contributed by atoms with van der Waals surface area (Å²) < 4.78 is 6.40. The van der Waals surface area contributed by atoms with Gasteiger partial charge in [-0.2, -0.15) is 5.10 Å². The van der Waals surface area contributed by atoms with Gasteiger partial charge in [0, 0.05) is 12.7 Å². The number of rotatable bonds is 6. The second kappa shape index (κ2) is 8.06. The molecule has 7 nitrogen and oxygen atoms in total. The van der Waals surface area contributed by atoms with Gasteiger partial charge in [0.15, 0.2) is 0 Å². The number of esters is 1. The molecule has 0 aliphatic heterocycles. The molecule has 0 saturated heterocycles. The summed E-state index contributed by atoms with van der Waals surface area (Å²) in [5, 5.41) is 7.11. The van der Waals surface area contributed by atoms with Crippen molar-refractivity contribution in [3.05, 3.63) is 77.9 Å². The average molecular weight is 350 g/mol. The largest absolute Gasteiger partial charge is 0.464 e. The molecule has 0 radical (unpaired) electrons. The van der Waals surface area contributed by atoms with Crippen molar-refractivity contribution >= 4 is 11.9 Å². The minimum absolute atomic E-state index is 0.101. The van der Waals surface area contributed by atoms with Crippen LogP contribution in [0.15, 0.2) is 60.9 Å². The maximum absolute atomic E-state index is 12.2. The molecule has 2 heterocycles. The zero-order valence-electron chi connectivity index (χ0n) is 14.3. The van der Waals surface area contributed by atoms with Crippen LogP contribution in [0.1, 0.15) is 26.5 Å².